The largest absolute Gasteiger partial charge is 0.480 e. The third-order valence-electron chi connectivity index (χ3n) is 3.66. The molecule has 0 radical (unpaired) electrons. The molecule has 0 aromatic rings. The van der Waals surface area contributed by atoms with Gasteiger partial charge in [-0.2, -0.15) is 0 Å². The molecular weight excluding hydrogens is 192 g/mol. The van der Waals surface area contributed by atoms with Gasteiger partial charge in [-0.3, -0.25) is 4.79 Å². The molecule has 0 bridgehead atoms. The molecule has 86 valence electrons. The van der Waals surface area contributed by atoms with Crippen molar-refractivity contribution >= 4 is 5.97 Å². The van der Waals surface area contributed by atoms with Crippen LogP contribution in [0, 0.1) is 0 Å². The molecule has 2 saturated heterocycles. The van der Waals surface area contributed by atoms with E-state index >= 15 is 0 Å². The summed E-state index contributed by atoms with van der Waals surface area (Å²) >= 11 is 0. The van der Waals surface area contributed by atoms with Crippen molar-refractivity contribution < 1.29 is 9.90 Å². The second-order valence-electron chi connectivity index (χ2n) is 4.77. The summed E-state index contributed by atoms with van der Waals surface area (Å²) in [5, 5.41) is 16.0. The summed E-state index contributed by atoms with van der Waals surface area (Å²) in [6.45, 7) is 1.89. The summed E-state index contributed by atoms with van der Waals surface area (Å²) in [5.41, 5.74) is -0.653. The Morgan fingerprint density at radius 1 is 1.33 bits per heavy atom. The third-order valence-corrected chi connectivity index (χ3v) is 3.66. The topological polar surface area (TPSA) is 61.4 Å². The van der Waals surface area contributed by atoms with Crippen molar-refractivity contribution in [2.24, 2.45) is 0 Å². The van der Waals surface area contributed by atoms with Crippen LogP contribution in [0.4, 0.5) is 0 Å². The average Bonchev–Trinajstić information content (AvgIpc) is 2.71. The number of carboxylic acids is 1. The van der Waals surface area contributed by atoms with Gasteiger partial charge in [0.25, 0.3) is 0 Å². The molecule has 15 heavy (non-hydrogen) atoms. The highest BCUT2D eigenvalue weighted by atomic mass is 16.4. The van der Waals surface area contributed by atoms with Crippen LogP contribution in [0.2, 0.25) is 0 Å². The molecule has 4 nitrogen and oxygen atoms in total. The number of carbonyl (C=O) groups is 1. The van der Waals surface area contributed by atoms with E-state index in [1.807, 2.05) is 0 Å². The van der Waals surface area contributed by atoms with Crippen LogP contribution in [0.25, 0.3) is 0 Å². The first kappa shape index (κ1) is 10.9. The van der Waals surface area contributed by atoms with Crippen molar-refractivity contribution in [2.45, 2.75) is 50.1 Å². The Morgan fingerprint density at radius 2 is 2.20 bits per heavy atom. The first-order chi connectivity index (χ1) is 7.23. The van der Waals surface area contributed by atoms with E-state index < -0.39 is 11.5 Å². The smallest absolute Gasteiger partial charge is 0.323 e. The van der Waals surface area contributed by atoms with Gasteiger partial charge in [-0.15, -0.1) is 0 Å². The van der Waals surface area contributed by atoms with Gasteiger partial charge >= 0.3 is 5.97 Å². The molecule has 0 spiro atoms. The fourth-order valence-electron chi connectivity index (χ4n) is 2.76. The Bertz CT molecular complexity index is 231. The molecular formula is C11H20N2O2. The van der Waals surface area contributed by atoms with Gasteiger partial charge in [0.05, 0.1) is 0 Å². The number of aliphatic carboxylic acids is 1. The zero-order chi connectivity index (χ0) is 10.7. The SMILES string of the molecule is O=C(O)C1(CC2CCCN2)CCCCN1. The van der Waals surface area contributed by atoms with E-state index in [-0.39, 0.29) is 0 Å². The molecule has 2 aliphatic heterocycles. The first-order valence-electron chi connectivity index (χ1n) is 5.95. The highest BCUT2D eigenvalue weighted by molar-refractivity contribution is 5.79. The molecule has 2 unspecified atom stereocenters. The monoisotopic (exact) mass is 212 g/mol. The number of hydrogen-bond acceptors (Lipinski definition) is 3. The molecule has 3 N–H and O–H groups in total. The maximum Gasteiger partial charge on any atom is 0.323 e. The number of piperidine rings is 1. The van der Waals surface area contributed by atoms with Gasteiger partial charge in [0.15, 0.2) is 0 Å². The third kappa shape index (κ3) is 2.32. The fraction of sp³-hybridized carbons (Fsp3) is 0.909. The zero-order valence-electron chi connectivity index (χ0n) is 9.09. The molecule has 2 atom stereocenters. The Kier molecular flexibility index (Phi) is 3.26. The summed E-state index contributed by atoms with van der Waals surface area (Å²) in [5.74, 6) is -0.670. The van der Waals surface area contributed by atoms with E-state index in [4.69, 9.17) is 0 Å². The average molecular weight is 212 g/mol. The molecule has 2 rings (SSSR count). The van der Waals surface area contributed by atoms with Gasteiger partial charge in [0, 0.05) is 6.04 Å². The van der Waals surface area contributed by atoms with E-state index in [1.165, 1.54) is 6.42 Å². The van der Waals surface area contributed by atoms with Crippen molar-refractivity contribution in [1.82, 2.24) is 10.6 Å². The van der Waals surface area contributed by atoms with Gasteiger partial charge in [0.1, 0.15) is 5.54 Å². The molecule has 4 heteroatoms. The van der Waals surface area contributed by atoms with Crippen molar-refractivity contribution in [3.8, 4) is 0 Å². The van der Waals surface area contributed by atoms with Crippen molar-refractivity contribution in [3.05, 3.63) is 0 Å². The summed E-state index contributed by atoms with van der Waals surface area (Å²) < 4.78 is 0. The van der Waals surface area contributed by atoms with Crippen LogP contribution in [-0.2, 0) is 4.79 Å². The lowest BCUT2D eigenvalue weighted by atomic mass is 9.83. The number of nitrogens with one attached hydrogen (secondary N) is 2. The standard InChI is InChI=1S/C11H20N2O2/c14-10(15)11(5-1-2-7-13-11)8-9-4-3-6-12-9/h9,12-13H,1-8H2,(H,14,15). The number of hydrogen-bond donors (Lipinski definition) is 3. The first-order valence-corrected chi connectivity index (χ1v) is 5.95. The molecule has 0 aromatic heterocycles. The Balaban J connectivity index is 2.00. The highest BCUT2D eigenvalue weighted by Gasteiger charge is 2.41. The van der Waals surface area contributed by atoms with Crippen LogP contribution < -0.4 is 10.6 Å². The second-order valence-corrected chi connectivity index (χ2v) is 4.77. The Morgan fingerprint density at radius 3 is 2.73 bits per heavy atom. The maximum atomic E-state index is 11.4. The van der Waals surface area contributed by atoms with Gasteiger partial charge < -0.3 is 15.7 Å². The van der Waals surface area contributed by atoms with Crippen molar-refractivity contribution in [1.29, 1.82) is 0 Å². The van der Waals surface area contributed by atoms with Crippen molar-refractivity contribution in [3.63, 3.8) is 0 Å². The van der Waals surface area contributed by atoms with E-state index in [1.54, 1.807) is 0 Å². The molecule has 0 aromatic carbocycles. The minimum Gasteiger partial charge on any atom is -0.480 e. The van der Waals surface area contributed by atoms with Gasteiger partial charge in [0.2, 0.25) is 0 Å². The maximum absolute atomic E-state index is 11.4. The molecule has 0 aliphatic carbocycles. The summed E-state index contributed by atoms with van der Waals surface area (Å²) in [6.07, 6.45) is 5.96. The second kappa shape index (κ2) is 4.49. The van der Waals surface area contributed by atoms with Gasteiger partial charge in [-0.25, -0.2) is 0 Å². The van der Waals surface area contributed by atoms with E-state index in [2.05, 4.69) is 10.6 Å². The quantitative estimate of drug-likeness (QED) is 0.645. The summed E-state index contributed by atoms with van der Waals surface area (Å²) in [7, 11) is 0. The highest BCUT2D eigenvalue weighted by Crippen LogP contribution is 2.27. The predicted molar refractivity (Wildman–Crippen MR) is 57.9 cm³/mol. The predicted octanol–water partition coefficient (Wildman–Crippen LogP) is 0.725. The molecule has 2 fully saturated rings. The van der Waals surface area contributed by atoms with Crippen LogP contribution in [0.1, 0.15) is 38.5 Å². The van der Waals surface area contributed by atoms with E-state index in [0.29, 0.717) is 6.04 Å². The van der Waals surface area contributed by atoms with E-state index in [9.17, 15) is 9.90 Å². The Hall–Kier alpha value is -0.610. The van der Waals surface area contributed by atoms with Crippen LogP contribution >= 0.6 is 0 Å². The van der Waals surface area contributed by atoms with Crippen LogP contribution in [0.5, 0.6) is 0 Å². The van der Waals surface area contributed by atoms with Crippen molar-refractivity contribution in [2.75, 3.05) is 13.1 Å². The molecule has 2 heterocycles. The summed E-state index contributed by atoms with van der Waals surface area (Å²) in [6, 6.07) is 0.395. The molecule has 0 amide bonds. The number of rotatable bonds is 3. The lowest BCUT2D eigenvalue weighted by molar-refractivity contribution is -0.146. The van der Waals surface area contributed by atoms with Crippen LogP contribution in [0.3, 0.4) is 0 Å². The summed E-state index contributed by atoms with van der Waals surface area (Å²) in [4.78, 5) is 11.4. The lowest BCUT2D eigenvalue weighted by Gasteiger charge is -2.36. The molecule has 2 aliphatic rings. The number of carboxylic acid groups (broad SMARTS) is 1. The minimum atomic E-state index is -0.670. The Labute approximate surface area is 90.4 Å². The normalized spacial score (nSPS) is 36.7. The van der Waals surface area contributed by atoms with E-state index in [0.717, 1.165) is 45.2 Å². The van der Waals surface area contributed by atoms with Crippen LogP contribution in [-0.4, -0.2) is 35.7 Å². The fourth-order valence-corrected chi connectivity index (χ4v) is 2.76. The zero-order valence-corrected chi connectivity index (χ0v) is 9.09. The molecule has 0 saturated carbocycles. The van der Waals surface area contributed by atoms with Gasteiger partial charge in [-0.1, -0.05) is 0 Å². The minimum absolute atomic E-state index is 0.395. The van der Waals surface area contributed by atoms with Crippen LogP contribution in [0.15, 0.2) is 0 Å². The lowest BCUT2D eigenvalue weighted by Crippen LogP contribution is -2.57. The van der Waals surface area contributed by atoms with Gasteiger partial charge in [-0.05, 0) is 51.6 Å².